The average Bonchev–Trinajstić information content (AvgIpc) is 2.94. The largest absolute Gasteiger partial charge is 0.384 e. The minimum atomic E-state index is 0.451. The fraction of sp³-hybridized carbons (Fsp3) is 0.357. The van der Waals surface area contributed by atoms with Crippen LogP contribution in [0, 0.1) is 11.3 Å². The zero-order chi connectivity index (χ0) is 13.9. The third-order valence-corrected chi connectivity index (χ3v) is 3.75. The van der Waals surface area contributed by atoms with Gasteiger partial charge >= 0.3 is 0 Å². The highest BCUT2D eigenvalue weighted by molar-refractivity contribution is 5.49. The molecule has 1 aliphatic rings. The number of anilines is 2. The summed E-state index contributed by atoms with van der Waals surface area (Å²) in [5.74, 6) is 1.07. The summed E-state index contributed by atoms with van der Waals surface area (Å²) in [6.07, 6.45) is 5.46. The molecule has 0 aromatic carbocycles. The Morgan fingerprint density at radius 2 is 2.10 bits per heavy atom. The number of piperidine rings is 1. The highest BCUT2D eigenvalue weighted by atomic mass is 15.2. The Labute approximate surface area is 117 Å². The molecule has 20 heavy (non-hydrogen) atoms. The number of pyridine rings is 1. The fourth-order valence-corrected chi connectivity index (χ4v) is 2.66. The van der Waals surface area contributed by atoms with Crippen LogP contribution in [-0.4, -0.2) is 28.3 Å². The van der Waals surface area contributed by atoms with Gasteiger partial charge in [-0.1, -0.05) is 0 Å². The molecule has 2 aromatic heterocycles. The first-order chi connectivity index (χ1) is 9.76. The van der Waals surface area contributed by atoms with Gasteiger partial charge in [0.15, 0.2) is 0 Å². The quantitative estimate of drug-likeness (QED) is 0.863. The Morgan fingerprint density at radius 1 is 1.30 bits per heavy atom. The lowest BCUT2D eigenvalue weighted by Crippen LogP contribution is -2.33. The summed E-state index contributed by atoms with van der Waals surface area (Å²) in [6.45, 7) is 1.88. The molecule has 0 saturated carbocycles. The van der Waals surface area contributed by atoms with Gasteiger partial charge in [0.2, 0.25) is 0 Å². The van der Waals surface area contributed by atoms with E-state index in [1.807, 2.05) is 18.3 Å². The SMILES string of the molecule is N#Cc1cncc(N2CCC(c3cc(N)[nH]n3)CC2)c1. The van der Waals surface area contributed by atoms with Crippen molar-refractivity contribution in [3.8, 4) is 6.07 Å². The van der Waals surface area contributed by atoms with Crippen molar-refractivity contribution < 1.29 is 0 Å². The minimum absolute atomic E-state index is 0.451. The van der Waals surface area contributed by atoms with Gasteiger partial charge in [0.1, 0.15) is 11.9 Å². The molecule has 3 N–H and O–H groups in total. The number of hydrogen-bond acceptors (Lipinski definition) is 5. The maximum Gasteiger partial charge on any atom is 0.119 e. The van der Waals surface area contributed by atoms with Gasteiger partial charge < -0.3 is 10.6 Å². The van der Waals surface area contributed by atoms with Crippen LogP contribution in [0.4, 0.5) is 11.5 Å². The van der Waals surface area contributed by atoms with Crippen LogP contribution in [0.1, 0.15) is 30.0 Å². The Bertz CT molecular complexity index is 633. The Balaban J connectivity index is 1.68. The molecule has 0 bridgehead atoms. The lowest BCUT2D eigenvalue weighted by Gasteiger charge is -2.32. The molecule has 3 rings (SSSR count). The van der Waals surface area contributed by atoms with Gasteiger partial charge in [-0.15, -0.1) is 0 Å². The van der Waals surface area contributed by atoms with Crippen LogP contribution in [-0.2, 0) is 0 Å². The summed E-state index contributed by atoms with van der Waals surface area (Å²) in [6, 6.07) is 5.93. The molecule has 0 aliphatic carbocycles. The van der Waals surface area contributed by atoms with Crippen molar-refractivity contribution in [1.29, 1.82) is 5.26 Å². The first-order valence-corrected chi connectivity index (χ1v) is 6.67. The van der Waals surface area contributed by atoms with Crippen molar-refractivity contribution >= 4 is 11.5 Å². The first-order valence-electron chi connectivity index (χ1n) is 6.67. The monoisotopic (exact) mass is 268 g/mol. The number of H-pyrrole nitrogens is 1. The number of nitriles is 1. The number of nitrogens with two attached hydrogens (primary N) is 1. The fourth-order valence-electron chi connectivity index (χ4n) is 2.66. The molecule has 1 aliphatic heterocycles. The number of nitrogens with one attached hydrogen (secondary N) is 1. The van der Waals surface area contributed by atoms with Gasteiger partial charge in [-0.3, -0.25) is 10.1 Å². The van der Waals surface area contributed by atoms with E-state index in [4.69, 9.17) is 11.0 Å². The zero-order valence-corrected chi connectivity index (χ0v) is 11.1. The molecule has 2 aromatic rings. The molecule has 102 valence electrons. The molecule has 0 unspecified atom stereocenters. The van der Waals surface area contributed by atoms with E-state index < -0.39 is 0 Å². The van der Waals surface area contributed by atoms with Crippen molar-refractivity contribution in [3.63, 3.8) is 0 Å². The Kier molecular flexibility index (Phi) is 3.25. The van der Waals surface area contributed by atoms with Crippen molar-refractivity contribution in [2.24, 2.45) is 0 Å². The third kappa shape index (κ3) is 2.43. The van der Waals surface area contributed by atoms with Gasteiger partial charge in [0, 0.05) is 31.3 Å². The topological polar surface area (TPSA) is 94.6 Å². The molecule has 0 spiro atoms. The second-order valence-electron chi connectivity index (χ2n) is 5.05. The summed E-state index contributed by atoms with van der Waals surface area (Å²) >= 11 is 0. The van der Waals surface area contributed by atoms with E-state index in [2.05, 4.69) is 26.2 Å². The van der Waals surface area contributed by atoms with Crippen molar-refractivity contribution in [3.05, 3.63) is 35.8 Å². The van der Waals surface area contributed by atoms with Gasteiger partial charge in [0.25, 0.3) is 0 Å². The van der Waals surface area contributed by atoms with Crippen LogP contribution in [0.15, 0.2) is 24.5 Å². The van der Waals surface area contributed by atoms with Crippen molar-refractivity contribution in [2.45, 2.75) is 18.8 Å². The van der Waals surface area contributed by atoms with E-state index in [9.17, 15) is 0 Å². The van der Waals surface area contributed by atoms with Gasteiger partial charge in [0.05, 0.1) is 23.1 Å². The second-order valence-corrected chi connectivity index (χ2v) is 5.05. The van der Waals surface area contributed by atoms with Crippen LogP contribution in [0.25, 0.3) is 0 Å². The summed E-state index contributed by atoms with van der Waals surface area (Å²) in [5, 5.41) is 16.0. The van der Waals surface area contributed by atoms with Crippen LogP contribution >= 0.6 is 0 Å². The van der Waals surface area contributed by atoms with E-state index in [-0.39, 0.29) is 0 Å². The smallest absolute Gasteiger partial charge is 0.119 e. The number of hydrogen-bond donors (Lipinski definition) is 2. The Morgan fingerprint density at radius 3 is 2.75 bits per heavy atom. The average molecular weight is 268 g/mol. The maximum absolute atomic E-state index is 8.92. The van der Waals surface area contributed by atoms with E-state index >= 15 is 0 Å². The molecule has 6 heteroatoms. The summed E-state index contributed by atoms with van der Waals surface area (Å²) < 4.78 is 0. The molecule has 6 nitrogen and oxygen atoms in total. The minimum Gasteiger partial charge on any atom is -0.384 e. The van der Waals surface area contributed by atoms with Gasteiger partial charge in [-0.2, -0.15) is 10.4 Å². The van der Waals surface area contributed by atoms with Crippen LogP contribution in [0.3, 0.4) is 0 Å². The van der Waals surface area contributed by atoms with Crippen LogP contribution in [0.5, 0.6) is 0 Å². The predicted octanol–water partition coefficient (Wildman–Crippen LogP) is 1.64. The number of rotatable bonds is 2. The highest BCUT2D eigenvalue weighted by Crippen LogP contribution is 2.29. The number of nitrogens with zero attached hydrogens (tertiary/aromatic N) is 4. The highest BCUT2D eigenvalue weighted by Gasteiger charge is 2.22. The molecule has 3 heterocycles. The summed E-state index contributed by atoms with van der Waals surface area (Å²) in [4.78, 5) is 6.38. The van der Waals surface area contributed by atoms with Gasteiger partial charge in [-0.25, -0.2) is 0 Å². The van der Waals surface area contributed by atoms with E-state index in [0.717, 1.165) is 37.3 Å². The lowest BCUT2D eigenvalue weighted by molar-refractivity contribution is 0.495. The molecular weight excluding hydrogens is 252 g/mol. The summed E-state index contributed by atoms with van der Waals surface area (Å²) in [5.41, 5.74) is 8.33. The second kappa shape index (κ2) is 5.21. The lowest BCUT2D eigenvalue weighted by atomic mass is 9.93. The molecule has 0 atom stereocenters. The molecule has 1 fully saturated rings. The van der Waals surface area contributed by atoms with E-state index in [0.29, 0.717) is 17.3 Å². The summed E-state index contributed by atoms with van der Waals surface area (Å²) in [7, 11) is 0. The third-order valence-electron chi connectivity index (χ3n) is 3.75. The maximum atomic E-state index is 8.92. The standard InChI is InChI=1S/C14H16N6/c15-7-10-5-12(9-17-8-10)20-3-1-11(2-4-20)13-6-14(16)19-18-13/h5-6,8-9,11H,1-4H2,(H3,16,18,19). The van der Waals surface area contributed by atoms with Crippen molar-refractivity contribution in [2.75, 3.05) is 23.7 Å². The molecular formula is C14H16N6. The predicted molar refractivity (Wildman–Crippen MR) is 76.1 cm³/mol. The number of nitrogen functional groups attached to an aromatic ring is 1. The molecule has 0 radical (unpaired) electrons. The van der Waals surface area contributed by atoms with E-state index in [1.165, 1.54) is 0 Å². The molecule has 0 amide bonds. The Hall–Kier alpha value is -2.55. The molecule has 1 saturated heterocycles. The van der Waals surface area contributed by atoms with E-state index in [1.54, 1.807) is 6.20 Å². The van der Waals surface area contributed by atoms with Crippen LogP contribution < -0.4 is 10.6 Å². The van der Waals surface area contributed by atoms with Gasteiger partial charge in [-0.05, 0) is 18.9 Å². The number of aromatic nitrogens is 3. The first kappa shape index (κ1) is 12.5. The zero-order valence-electron chi connectivity index (χ0n) is 11.1. The number of aromatic amines is 1. The normalized spacial score (nSPS) is 16.1. The van der Waals surface area contributed by atoms with Crippen molar-refractivity contribution in [1.82, 2.24) is 15.2 Å². The van der Waals surface area contributed by atoms with Crippen LogP contribution in [0.2, 0.25) is 0 Å².